The second-order valence-corrected chi connectivity index (χ2v) is 2.98. The number of aromatic nitrogens is 3. The van der Waals surface area contributed by atoms with Crippen molar-refractivity contribution in [2.45, 2.75) is 6.92 Å². The Morgan fingerprint density at radius 3 is 2.90 bits per heavy atom. The van der Waals surface area contributed by atoms with Crippen molar-refractivity contribution in [3.8, 4) is 0 Å². The van der Waals surface area contributed by atoms with Crippen molar-refractivity contribution in [3.63, 3.8) is 0 Å². The maximum absolute atomic E-state index is 10.8. The molecule has 0 bridgehead atoms. The summed E-state index contributed by atoms with van der Waals surface area (Å²) in [6, 6.07) is 0. The SMILES string of the molecule is Cc1n[n]([Au])c(=S)[nH]c1=O. The molecule has 1 N–H and O–H groups in total. The van der Waals surface area contributed by atoms with Crippen molar-refractivity contribution in [1.29, 1.82) is 0 Å². The molecule has 0 aliphatic carbocycles. The van der Waals surface area contributed by atoms with Crippen LogP contribution in [0.25, 0.3) is 0 Å². The second-order valence-electron chi connectivity index (χ2n) is 1.67. The van der Waals surface area contributed by atoms with Gasteiger partial charge in [0.15, 0.2) is 0 Å². The van der Waals surface area contributed by atoms with Crippen LogP contribution in [-0.4, -0.2) is 13.2 Å². The van der Waals surface area contributed by atoms with E-state index in [4.69, 9.17) is 12.2 Å². The Hall–Kier alpha value is -0.230. The monoisotopic (exact) mass is 339 g/mol. The van der Waals surface area contributed by atoms with Gasteiger partial charge < -0.3 is 0 Å². The first-order valence-electron chi connectivity index (χ1n) is 2.44. The molecule has 0 aliphatic rings. The van der Waals surface area contributed by atoms with Gasteiger partial charge in [0.25, 0.3) is 0 Å². The van der Waals surface area contributed by atoms with Crippen LogP contribution in [0.15, 0.2) is 4.79 Å². The molecule has 1 aromatic heterocycles. The summed E-state index contributed by atoms with van der Waals surface area (Å²) in [7, 11) is 0. The molecule has 0 spiro atoms. The van der Waals surface area contributed by atoms with E-state index in [-0.39, 0.29) is 5.56 Å². The van der Waals surface area contributed by atoms with E-state index in [1.807, 2.05) is 0 Å². The van der Waals surface area contributed by atoms with Crippen molar-refractivity contribution in [1.82, 2.24) is 13.2 Å². The summed E-state index contributed by atoms with van der Waals surface area (Å²) in [6.45, 7) is 1.62. The molecule has 0 atom stereocenters. The van der Waals surface area contributed by atoms with Crippen molar-refractivity contribution < 1.29 is 21.3 Å². The summed E-state index contributed by atoms with van der Waals surface area (Å²) in [4.78, 5) is 13.2. The Morgan fingerprint density at radius 2 is 2.40 bits per heavy atom. The molecule has 0 aliphatic heterocycles. The van der Waals surface area contributed by atoms with Gasteiger partial charge in [-0.05, 0) is 0 Å². The zero-order chi connectivity index (χ0) is 7.72. The molecule has 4 nitrogen and oxygen atoms in total. The first kappa shape index (κ1) is 7.87. The Bertz CT molecular complexity index is 323. The molecule has 0 fully saturated rings. The molecule has 1 aromatic rings. The van der Waals surface area contributed by atoms with E-state index in [0.717, 1.165) is 0 Å². The van der Waals surface area contributed by atoms with Crippen LogP contribution in [0.3, 0.4) is 0 Å². The van der Waals surface area contributed by atoms with Crippen LogP contribution in [0.2, 0.25) is 0 Å². The van der Waals surface area contributed by atoms with Crippen molar-refractivity contribution in [3.05, 3.63) is 20.8 Å². The van der Waals surface area contributed by atoms with Gasteiger partial charge >= 0.3 is 74.5 Å². The van der Waals surface area contributed by atoms with Crippen molar-refractivity contribution in [2.24, 2.45) is 0 Å². The quantitative estimate of drug-likeness (QED) is 0.531. The van der Waals surface area contributed by atoms with Gasteiger partial charge in [-0.25, -0.2) is 0 Å². The van der Waals surface area contributed by atoms with Gasteiger partial charge in [0.2, 0.25) is 0 Å². The maximum atomic E-state index is 10.8. The zero-order valence-electron chi connectivity index (χ0n) is 5.01. The van der Waals surface area contributed by atoms with Crippen LogP contribution in [-0.2, 0) is 21.3 Å². The molecule has 1 heterocycles. The average molecular weight is 339 g/mol. The first-order chi connectivity index (χ1) is 4.61. The Balaban J connectivity index is 3.59. The summed E-state index contributed by atoms with van der Waals surface area (Å²) in [5, 5.41) is 3.82. The number of nitrogens with zero attached hydrogens (tertiary/aromatic N) is 2. The summed E-state index contributed by atoms with van der Waals surface area (Å²) in [5.41, 5.74) is 0.185. The number of hydrogen-bond donors (Lipinski definition) is 1. The molecular formula is C4H4AuN3OS. The minimum absolute atomic E-state index is 0.228. The van der Waals surface area contributed by atoms with E-state index in [0.29, 0.717) is 10.5 Å². The van der Waals surface area contributed by atoms with Crippen molar-refractivity contribution in [2.75, 3.05) is 0 Å². The third kappa shape index (κ3) is 1.43. The fraction of sp³-hybridized carbons (Fsp3) is 0.250. The summed E-state index contributed by atoms with van der Waals surface area (Å²) in [6.07, 6.45) is 0. The normalized spacial score (nSPS) is 9.90. The summed E-state index contributed by atoms with van der Waals surface area (Å²) >= 11 is 6.81. The molecule has 1 rings (SSSR count). The van der Waals surface area contributed by atoms with Gasteiger partial charge in [-0.2, -0.15) is 0 Å². The zero-order valence-corrected chi connectivity index (χ0v) is 8.00. The minimum atomic E-state index is -0.228. The van der Waals surface area contributed by atoms with Gasteiger partial charge in [0.1, 0.15) is 0 Å². The van der Waals surface area contributed by atoms with E-state index < -0.39 is 0 Å². The fourth-order valence-electron chi connectivity index (χ4n) is 0.440. The molecular weight excluding hydrogens is 335 g/mol. The van der Waals surface area contributed by atoms with E-state index >= 15 is 0 Å². The third-order valence-electron chi connectivity index (χ3n) is 0.931. The molecule has 0 unspecified atom stereocenters. The number of H-pyrrole nitrogens is 1. The average Bonchev–Trinajstić information content (AvgIpc) is 1.84. The number of rotatable bonds is 0. The molecule has 0 saturated carbocycles. The molecule has 6 heteroatoms. The molecule has 10 heavy (non-hydrogen) atoms. The second kappa shape index (κ2) is 2.79. The van der Waals surface area contributed by atoms with Gasteiger partial charge in [-0.3, -0.25) is 0 Å². The summed E-state index contributed by atoms with van der Waals surface area (Å²) in [5.74, 6) is 0. The first-order valence-corrected chi connectivity index (χ1v) is 3.82. The standard InChI is InChI=1S/C4H5N3OS.Au/c1-2-3(8)5-4(9)7-6-2;/h1H3,(H2,5,7,8,9);/q;+1/p-1. The van der Waals surface area contributed by atoms with Crippen molar-refractivity contribution >= 4 is 12.2 Å². The predicted molar refractivity (Wildman–Crippen MR) is 33.8 cm³/mol. The topological polar surface area (TPSA) is 50.7 Å². The Morgan fingerprint density at radius 1 is 1.80 bits per heavy atom. The predicted octanol–water partition coefficient (Wildman–Crippen LogP) is -0.0808. The fourth-order valence-corrected chi connectivity index (χ4v) is 1.02. The van der Waals surface area contributed by atoms with Gasteiger partial charge in [0, 0.05) is 0 Å². The number of hydrogen-bond acceptors (Lipinski definition) is 3. The Labute approximate surface area is 74.5 Å². The molecule has 0 saturated heterocycles. The number of aromatic amines is 1. The van der Waals surface area contributed by atoms with Crippen LogP contribution in [0, 0.1) is 11.7 Å². The molecule has 58 valence electrons. The van der Waals surface area contributed by atoms with E-state index in [2.05, 4.69) is 31.4 Å². The van der Waals surface area contributed by atoms with Crippen LogP contribution in [0.4, 0.5) is 0 Å². The van der Waals surface area contributed by atoms with Crippen LogP contribution < -0.4 is 5.56 Å². The van der Waals surface area contributed by atoms with E-state index in [1.54, 1.807) is 6.92 Å². The van der Waals surface area contributed by atoms with Gasteiger partial charge in [-0.15, -0.1) is 0 Å². The van der Waals surface area contributed by atoms with Crippen LogP contribution in [0.1, 0.15) is 5.69 Å². The third-order valence-corrected chi connectivity index (χ3v) is 2.22. The van der Waals surface area contributed by atoms with Crippen LogP contribution in [0.5, 0.6) is 0 Å². The number of nitrogens with one attached hydrogen (secondary N) is 1. The number of aryl methyl sites for hydroxylation is 1. The van der Waals surface area contributed by atoms with Gasteiger partial charge in [-0.1, -0.05) is 0 Å². The molecule has 0 amide bonds. The molecule has 0 radical (unpaired) electrons. The Kier molecular flexibility index (Phi) is 2.20. The molecule has 0 aromatic carbocycles. The van der Waals surface area contributed by atoms with E-state index in [1.165, 1.54) is 3.09 Å². The van der Waals surface area contributed by atoms with E-state index in [9.17, 15) is 4.79 Å². The van der Waals surface area contributed by atoms with Gasteiger partial charge in [0.05, 0.1) is 0 Å². The summed E-state index contributed by atoms with van der Waals surface area (Å²) < 4.78 is 1.71. The van der Waals surface area contributed by atoms with Crippen LogP contribution >= 0.6 is 12.2 Å².